The zero-order valence-electron chi connectivity index (χ0n) is 9.32. The fourth-order valence-electron chi connectivity index (χ4n) is 1.32. The molecule has 0 saturated carbocycles. The summed E-state index contributed by atoms with van der Waals surface area (Å²) in [5.74, 6) is -1.86. The van der Waals surface area contributed by atoms with Crippen LogP contribution in [0.4, 0.5) is 35.1 Å². The molecule has 0 saturated heterocycles. The maximum Gasteiger partial charge on any atom is 0.574 e. The lowest BCUT2D eigenvalue weighted by Gasteiger charge is -2.17. The van der Waals surface area contributed by atoms with E-state index < -0.39 is 48.2 Å². The van der Waals surface area contributed by atoms with E-state index in [4.69, 9.17) is 5.73 Å². The van der Waals surface area contributed by atoms with E-state index in [2.05, 4.69) is 9.72 Å². The Morgan fingerprint density at radius 3 is 2.05 bits per heavy atom. The van der Waals surface area contributed by atoms with Crippen LogP contribution in [0.15, 0.2) is 6.07 Å². The first-order valence-electron chi connectivity index (χ1n) is 4.80. The van der Waals surface area contributed by atoms with E-state index in [-0.39, 0.29) is 6.07 Å². The van der Waals surface area contributed by atoms with Crippen molar-refractivity contribution >= 4 is 0 Å². The second-order valence-corrected chi connectivity index (χ2v) is 3.44. The maximum atomic E-state index is 12.7. The Labute approximate surface area is 106 Å². The van der Waals surface area contributed by atoms with Gasteiger partial charge in [-0.3, -0.25) is 0 Å². The number of pyridine rings is 1. The number of nitrogens with two attached hydrogens (primary N) is 1. The van der Waals surface area contributed by atoms with Gasteiger partial charge < -0.3 is 10.5 Å². The van der Waals surface area contributed by atoms with Crippen LogP contribution in [-0.4, -0.2) is 11.3 Å². The number of aromatic nitrogens is 1. The van der Waals surface area contributed by atoms with Gasteiger partial charge in [0.15, 0.2) is 0 Å². The lowest BCUT2D eigenvalue weighted by Crippen LogP contribution is -2.22. The second-order valence-electron chi connectivity index (χ2n) is 3.44. The van der Waals surface area contributed by atoms with Crippen molar-refractivity contribution in [2.24, 2.45) is 5.73 Å². The molecule has 1 heterocycles. The Balaban J connectivity index is 3.50. The number of nitrogens with zero attached hydrogens (tertiary/aromatic N) is 1. The van der Waals surface area contributed by atoms with E-state index in [1.165, 1.54) is 0 Å². The molecule has 0 unspecified atom stereocenters. The summed E-state index contributed by atoms with van der Waals surface area (Å²) in [4.78, 5) is 2.46. The van der Waals surface area contributed by atoms with Gasteiger partial charge in [-0.1, -0.05) is 0 Å². The zero-order chi connectivity index (χ0) is 15.7. The first-order valence-corrected chi connectivity index (χ1v) is 4.80. The fraction of sp³-hybridized carbons (Fsp3) is 0.444. The molecule has 1 rings (SSSR count). The molecule has 3 nitrogen and oxygen atoms in total. The van der Waals surface area contributed by atoms with Gasteiger partial charge >= 0.3 is 12.5 Å². The van der Waals surface area contributed by atoms with Crippen LogP contribution in [0.25, 0.3) is 0 Å². The average molecular weight is 310 g/mol. The van der Waals surface area contributed by atoms with Gasteiger partial charge in [-0.05, 0) is 11.6 Å². The van der Waals surface area contributed by atoms with Crippen LogP contribution in [0.3, 0.4) is 0 Å². The van der Waals surface area contributed by atoms with Gasteiger partial charge in [-0.2, -0.15) is 13.2 Å². The first kappa shape index (κ1) is 16.4. The van der Waals surface area contributed by atoms with Crippen molar-refractivity contribution in [2.45, 2.75) is 25.5 Å². The van der Waals surface area contributed by atoms with Crippen molar-refractivity contribution in [3.63, 3.8) is 0 Å². The van der Waals surface area contributed by atoms with Crippen LogP contribution in [0.1, 0.15) is 23.2 Å². The molecule has 1 aromatic heterocycles. The van der Waals surface area contributed by atoms with Crippen LogP contribution < -0.4 is 10.5 Å². The zero-order valence-corrected chi connectivity index (χ0v) is 9.32. The molecule has 20 heavy (non-hydrogen) atoms. The Kier molecular flexibility index (Phi) is 4.42. The van der Waals surface area contributed by atoms with E-state index in [9.17, 15) is 35.1 Å². The third-order valence-electron chi connectivity index (χ3n) is 2.05. The van der Waals surface area contributed by atoms with Gasteiger partial charge in [0.25, 0.3) is 6.43 Å². The Bertz CT molecular complexity index is 482. The number of alkyl halides is 8. The molecule has 2 N–H and O–H groups in total. The second kappa shape index (κ2) is 5.38. The number of halogens is 8. The van der Waals surface area contributed by atoms with E-state index in [1.54, 1.807) is 0 Å². The highest BCUT2D eigenvalue weighted by Crippen LogP contribution is 2.38. The molecule has 1 aromatic rings. The number of rotatable bonds is 3. The molecule has 0 aromatic carbocycles. The molecule has 114 valence electrons. The van der Waals surface area contributed by atoms with Crippen molar-refractivity contribution in [1.82, 2.24) is 4.98 Å². The summed E-state index contributed by atoms with van der Waals surface area (Å²) < 4.78 is 102. The summed E-state index contributed by atoms with van der Waals surface area (Å²) in [6.07, 6.45) is -14.1. The van der Waals surface area contributed by atoms with Crippen molar-refractivity contribution in [3.05, 3.63) is 22.9 Å². The lowest BCUT2D eigenvalue weighted by atomic mass is 10.1. The van der Waals surface area contributed by atoms with Gasteiger partial charge in [-0.25, -0.2) is 13.8 Å². The molecule has 0 spiro atoms. The van der Waals surface area contributed by atoms with Crippen LogP contribution in [0.5, 0.6) is 5.88 Å². The van der Waals surface area contributed by atoms with E-state index >= 15 is 0 Å². The van der Waals surface area contributed by atoms with Crippen LogP contribution in [0.2, 0.25) is 0 Å². The van der Waals surface area contributed by atoms with Crippen LogP contribution in [0, 0.1) is 0 Å². The molecule has 0 bridgehead atoms. The Morgan fingerprint density at radius 1 is 1.15 bits per heavy atom. The van der Waals surface area contributed by atoms with E-state index in [0.717, 1.165) is 0 Å². The van der Waals surface area contributed by atoms with Gasteiger partial charge in [0.05, 0.1) is 5.56 Å². The highest BCUT2D eigenvalue weighted by atomic mass is 19.4. The van der Waals surface area contributed by atoms with Crippen molar-refractivity contribution in [2.75, 3.05) is 0 Å². The lowest BCUT2D eigenvalue weighted by molar-refractivity contribution is -0.277. The summed E-state index contributed by atoms with van der Waals surface area (Å²) in [6.45, 7) is -0.834. The van der Waals surface area contributed by atoms with Gasteiger partial charge in [0.1, 0.15) is 5.69 Å². The first-order chi connectivity index (χ1) is 8.95. The van der Waals surface area contributed by atoms with Crippen LogP contribution >= 0.6 is 0 Å². The van der Waals surface area contributed by atoms with Gasteiger partial charge in [0.2, 0.25) is 5.88 Å². The summed E-state index contributed by atoms with van der Waals surface area (Å²) in [5, 5.41) is 0. The summed E-state index contributed by atoms with van der Waals surface area (Å²) in [6, 6.07) is 0.157. The Hall–Kier alpha value is -1.65. The number of ether oxygens (including phenoxy) is 1. The minimum Gasteiger partial charge on any atom is -0.387 e. The third kappa shape index (κ3) is 3.92. The highest BCUT2D eigenvalue weighted by Gasteiger charge is 2.39. The van der Waals surface area contributed by atoms with Crippen molar-refractivity contribution < 1.29 is 39.9 Å². The maximum absolute atomic E-state index is 12.7. The standard InChI is InChI=1S/C9H6F8N2O/c10-6(11)5-3(2-18)1-4(8(12,13)14)19-7(5)20-9(15,16)17/h1,6H,2,18H2. The average Bonchev–Trinajstić information content (AvgIpc) is 2.23. The van der Waals surface area contributed by atoms with E-state index in [1.807, 2.05) is 0 Å². The highest BCUT2D eigenvalue weighted by molar-refractivity contribution is 5.38. The largest absolute Gasteiger partial charge is 0.574 e. The minimum atomic E-state index is -5.47. The molecule has 0 aliphatic heterocycles. The number of hydrogen-bond acceptors (Lipinski definition) is 3. The molecule has 0 atom stereocenters. The number of hydrogen-bond donors (Lipinski definition) is 1. The fourth-order valence-corrected chi connectivity index (χ4v) is 1.32. The van der Waals surface area contributed by atoms with Crippen molar-refractivity contribution in [1.29, 1.82) is 0 Å². The molecular formula is C9H6F8N2O. The van der Waals surface area contributed by atoms with Gasteiger partial charge in [0, 0.05) is 6.54 Å². The molecule has 0 radical (unpaired) electrons. The molecule has 11 heteroatoms. The Morgan fingerprint density at radius 2 is 1.70 bits per heavy atom. The summed E-state index contributed by atoms with van der Waals surface area (Å²) in [7, 11) is 0. The molecule has 0 aliphatic rings. The minimum absolute atomic E-state index is 0.157. The molecule has 0 amide bonds. The summed E-state index contributed by atoms with van der Waals surface area (Å²) in [5.41, 5.74) is 0.913. The topological polar surface area (TPSA) is 48.1 Å². The predicted octanol–water partition coefficient (Wildman–Crippen LogP) is 3.40. The predicted molar refractivity (Wildman–Crippen MR) is 48.8 cm³/mol. The normalized spacial score (nSPS) is 12.9. The quantitative estimate of drug-likeness (QED) is 0.871. The molecule has 0 aliphatic carbocycles. The molecular weight excluding hydrogens is 304 g/mol. The summed E-state index contributed by atoms with van der Waals surface area (Å²) >= 11 is 0. The van der Waals surface area contributed by atoms with Crippen molar-refractivity contribution in [3.8, 4) is 5.88 Å². The monoisotopic (exact) mass is 310 g/mol. The van der Waals surface area contributed by atoms with E-state index in [0.29, 0.717) is 0 Å². The van der Waals surface area contributed by atoms with Crippen LogP contribution in [-0.2, 0) is 12.7 Å². The SMILES string of the molecule is NCc1cc(C(F)(F)F)nc(OC(F)(F)F)c1C(F)F. The molecule has 0 fully saturated rings. The van der Waals surface area contributed by atoms with Gasteiger partial charge in [-0.15, -0.1) is 13.2 Å². The smallest absolute Gasteiger partial charge is 0.387 e. The third-order valence-corrected chi connectivity index (χ3v) is 2.05.